The summed E-state index contributed by atoms with van der Waals surface area (Å²) in [5, 5.41) is 4.99. The predicted molar refractivity (Wildman–Crippen MR) is 185 cm³/mol. The van der Waals surface area contributed by atoms with Gasteiger partial charge in [-0.05, 0) is 94.7 Å². The van der Waals surface area contributed by atoms with E-state index in [-0.39, 0.29) is 0 Å². The van der Waals surface area contributed by atoms with Crippen molar-refractivity contribution < 1.29 is 4.74 Å². The maximum absolute atomic E-state index is 5.44. The van der Waals surface area contributed by atoms with E-state index in [1.54, 1.807) is 7.11 Å². The highest BCUT2D eigenvalue weighted by Gasteiger charge is 2.15. The molecule has 0 aliphatic carbocycles. The van der Waals surface area contributed by atoms with Crippen molar-refractivity contribution in [2.75, 3.05) is 12.0 Å². The predicted octanol–water partition coefficient (Wildman–Crippen LogP) is 11.1. The summed E-state index contributed by atoms with van der Waals surface area (Å²) in [6, 6.07) is 58.3. The highest BCUT2D eigenvalue weighted by atomic mass is 16.5. The lowest BCUT2D eigenvalue weighted by molar-refractivity contribution is 0.415. The molecule has 0 fully saturated rings. The Hall–Kier alpha value is -5.80. The Morgan fingerprint density at radius 3 is 1.57 bits per heavy atom. The Balaban J connectivity index is 1.16. The molecule has 0 N–H and O–H groups in total. The third-order valence-corrected chi connectivity index (χ3v) is 8.49. The number of methoxy groups -OCH3 is 1. The molecular formula is C41H30N2O. The van der Waals surface area contributed by atoms with Gasteiger partial charge in [-0.3, -0.25) is 0 Å². The number of para-hydroxylation sites is 2. The lowest BCUT2D eigenvalue weighted by atomic mass is 10.0. The molecule has 8 rings (SSSR count). The molecule has 0 amide bonds. The van der Waals surface area contributed by atoms with Gasteiger partial charge >= 0.3 is 0 Å². The number of fused-ring (bicyclic) bond motifs is 4. The molecule has 3 nitrogen and oxygen atoms in total. The molecule has 44 heavy (non-hydrogen) atoms. The van der Waals surface area contributed by atoms with Crippen LogP contribution in [-0.2, 0) is 0 Å². The quantitative estimate of drug-likeness (QED) is 0.199. The van der Waals surface area contributed by atoms with Crippen molar-refractivity contribution in [3.05, 3.63) is 164 Å². The molecule has 0 bridgehead atoms. The van der Waals surface area contributed by atoms with E-state index in [0.29, 0.717) is 0 Å². The first-order valence-corrected chi connectivity index (χ1v) is 14.9. The van der Waals surface area contributed by atoms with E-state index in [4.69, 9.17) is 4.74 Å². The Morgan fingerprint density at radius 2 is 0.955 bits per heavy atom. The number of benzene rings is 7. The van der Waals surface area contributed by atoms with Crippen LogP contribution >= 0.6 is 0 Å². The van der Waals surface area contributed by atoms with Crippen LogP contribution in [0.25, 0.3) is 49.4 Å². The van der Waals surface area contributed by atoms with Gasteiger partial charge in [0.05, 0.1) is 18.1 Å². The average molecular weight is 567 g/mol. The molecule has 0 spiro atoms. The largest absolute Gasteiger partial charge is 0.497 e. The second kappa shape index (κ2) is 10.8. The number of hydrogen-bond donors (Lipinski definition) is 0. The smallest absolute Gasteiger partial charge is 0.119 e. The van der Waals surface area contributed by atoms with Crippen LogP contribution in [0, 0.1) is 0 Å². The van der Waals surface area contributed by atoms with Gasteiger partial charge in [-0.1, -0.05) is 91.0 Å². The maximum Gasteiger partial charge on any atom is 0.119 e. The van der Waals surface area contributed by atoms with E-state index < -0.39 is 0 Å². The molecule has 1 aromatic heterocycles. The topological polar surface area (TPSA) is 17.4 Å². The maximum atomic E-state index is 5.44. The van der Waals surface area contributed by atoms with Crippen LogP contribution in [0.15, 0.2) is 164 Å². The lowest BCUT2D eigenvalue weighted by Gasteiger charge is -2.26. The SMILES string of the molecule is COc1ccc(N(c2ccc(-c3ccc(-n4c5ccccc5c5ccccc54)cc3)cc2)c2ccc3ccccc3c2)cc1. The molecule has 0 radical (unpaired) electrons. The Kier molecular flexibility index (Phi) is 6.35. The summed E-state index contributed by atoms with van der Waals surface area (Å²) in [6.07, 6.45) is 0. The van der Waals surface area contributed by atoms with Crippen molar-refractivity contribution in [2.45, 2.75) is 0 Å². The highest BCUT2D eigenvalue weighted by Crippen LogP contribution is 2.38. The van der Waals surface area contributed by atoms with Crippen molar-refractivity contribution in [3.63, 3.8) is 0 Å². The summed E-state index contributed by atoms with van der Waals surface area (Å²) in [5.41, 5.74) is 9.23. The Bertz CT molecular complexity index is 2190. The van der Waals surface area contributed by atoms with Crippen molar-refractivity contribution in [1.29, 1.82) is 0 Å². The molecule has 0 atom stereocenters. The summed E-state index contributed by atoms with van der Waals surface area (Å²) in [6.45, 7) is 0. The fourth-order valence-electron chi connectivity index (χ4n) is 6.30. The summed E-state index contributed by atoms with van der Waals surface area (Å²) in [4.78, 5) is 2.29. The zero-order chi connectivity index (χ0) is 29.5. The standard InChI is InChI=1S/C41H30N2O/c1-44-37-26-24-34(25-27-37)42(36-23-18-29-8-2-3-9-32(29)28-36)33-19-14-30(15-20-33)31-16-21-35(22-17-31)43-40-12-6-4-10-38(40)39-11-5-7-13-41(39)43/h2-28H,1H3. The number of rotatable bonds is 6. The van der Waals surface area contributed by atoms with Crippen LogP contribution in [0.3, 0.4) is 0 Å². The summed E-state index contributed by atoms with van der Waals surface area (Å²) < 4.78 is 7.79. The van der Waals surface area contributed by atoms with Crippen LogP contribution in [0.2, 0.25) is 0 Å². The average Bonchev–Trinajstić information content (AvgIpc) is 3.43. The zero-order valence-corrected chi connectivity index (χ0v) is 24.4. The summed E-state index contributed by atoms with van der Waals surface area (Å²) in [7, 11) is 1.70. The summed E-state index contributed by atoms with van der Waals surface area (Å²) in [5.74, 6) is 0.840. The van der Waals surface area contributed by atoms with Crippen molar-refractivity contribution in [1.82, 2.24) is 4.57 Å². The molecule has 0 unspecified atom stereocenters. The van der Waals surface area contributed by atoms with Crippen molar-refractivity contribution in [3.8, 4) is 22.6 Å². The monoisotopic (exact) mass is 566 g/mol. The Labute approximate surface area is 256 Å². The first-order chi connectivity index (χ1) is 21.8. The van der Waals surface area contributed by atoms with E-state index >= 15 is 0 Å². The second-order valence-corrected chi connectivity index (χ2v) is 11.0. The Morgan fingerprint density at radius 1 is 0.455 bits per heavy atom. The van der Waals surface area contributed by atoms with Gasteiger partial charge in [0.25, 0.3) is 0 Å². The van der Waals surface area contributed by atoms with E-state index in [1.807, 2.05) is 12.1 Å². The van der Waals surface area contributed by atoms with Crippen LogP contribution in [0.1, 0.15) is 0 Å². The first-order valence-electron chi connectivity index (χ1n) is 14.9. The van der Waals surface area contributed by atoms with Crippen LogP contribution in [-0.4, -0.2) is 11.7 Å². The molecule has 1 heterocycles. The third kappa shape index (κ3) is 4.47. The number of anilines is 3. The number of nitrogens with zero attached hydrogens (tertiary/aromatic N) is 2. The van der Waals surface area contributed by atoms with Gasteiger partial charge in [-0.15, -0.1) is 0 Å². The van der Waals surface area contributed by atoms with Crippen LogP contribution < -0.4 is 9.64 Å². The van der Waals surface area contributed by atoms with E-state index in [2.05, 4.69) is 161 Å². The first kappa shape index (κ1) is 25.9. The highest BCUT2D eigenvalue weighted by molar-refractivity contribution is 6.09. The van der Waals surface area contributed by atoms with E-state index in [1.165, 1.54) is 43.7 Å². The van der Waals surface area contributed by atoms with Gasteiger partial charge in [0.15, 0.2) is 0 Å². The third-order valence-electron chi connectivity index (χ3n) is 8.49. The van der Waals surface area contributed by atoms with Gasteiger partial charge in [-0.2, -0.15) is 0 Å². The van der Waals surface area contributed by atoms with Gasteiger partial charge in [0, 0.05) is 33.5 Å². The van der Waals surface area contributed by atoms with E-state index in [0.717, 1.165) is 28.5 Å². The van der Waals surface area contributed by atoms with Crippen molar-refractivity contribution in [2.24, 2.45) is 0 Å². The number of hydrogen-bond acceptors (Lipinski definition) is 2. The normalized spacial score (nSPS) is 11.3. The summed E-state index contributed by atoms with van der Waals surface area (Å²) >= 11 is 0. The lowest BCUT2D eigenvalue weighted by Crippen LogP contribution is -2.09. The number of ether oxygens (including phenoxy) is 1. The molecule has 210 valence electrons. The second-order valence-electron chi connectivity index (χ2n) is 11.0. The molecular weight excluding hydrogens is 536 g/mol. The zero-order valence-electron chi connectivity index (χ0n) is 24.4. The minimum absolute atomic E-state index is 0.840. The molecule has 0 saturated carbocycles. The molecule has 8 aromatic rings. The van der Waals surface area contributed by atoms with Gasteiger partial charge < -0.3 is 14.2 Å². The minimum atomic E-state index is 0.840. The van der Waals surface area contributed by atoms with Gasteiger partial charge in [0.1, 0.15) is 5.75 Å². The fourth-order valence-corrected chi connectivity index (χ4v) is 6.30. The van der Waals surface area contributed by atoms with Crippen LogP contribution in [0.5, 0.6) is 5.75 Å². The van der Waals surface area contributed by atoms with Gasteiger partial charge in [-0.25, -0.2) is 0 Å². The van der Waals surface area contributed by atoms with Crippen molar-refractivity contribution >= 4 is 49.6 Å². The fraction of sp³-hybridized carbons (Fsp3) is 0.0244. The molecule has 0 aliphatic rings. The number of aromatic nitrogens is 1. The molecule has 3 heteroatoms. The van der Waals surface area contributed by atoms with Crippen LogP contribution in [0.4, 0.5) is 17.1 Å². The molecule has 7 aromatic carbocycles. The molecule has 0 aliphatic heterocycles. The minimum Gasteiger partial charge on any atom is -0.497 e. The molecule has 0 saturated heterocycles. The van der Waals surface area contributed by atoms with E-state index in [9.17, 15) is 0 Å². The van der Waals surface area contributed by atoms with Gasteiger partial charge in [0.2, 0.25) is 0 Å².